The highest BCUT2D eigenvalue weighted by Gasteiger charge is 2.11. The summed E-state index contributed by atoms with van der Waals surface area (Å²) in [5, 5.41) is 17.6. The lowest BCUT2D eigenvalue weighted by Gasteiger charge is -2.18. The van der Waals surface area contributed by atoms with Crippen molar-refractivity contribution in [3.05, 3.63) is 11.6 Å². The molecule has 12 heavy (non-hydrogen) atoms. The smallest absolute Gasteiger partial charge is 0.0669 e. The first-order valence-electron chi connectivity index (χ1n) is 4.69. The molecule has 1 aliphatic rings. The van der Waals surface area contributed by atoms with Gasteiger partial charge in [-0.25, -0.2) is 0 Å². The number of hydrogen-bond donors (Lipinski definition) is 2. The molecule has 0 bridgehead atoms. The summed E-state index contributed by atoms with van der Waals surface area (Å²) >= 11 is 0. The van der Waals surface area contributed by atoms with Crippen molar-refractivity contribution in [2.24, 2.45) is 5.92 Å². The van der Waals surface area contributed by atoms with Crippen molar-refractivity contribution in [1.29, 1.82) is 0 Å². The predicted octanol–water partition coefficient (Wildman–Crippen LogP) is 1.28. The van der Waals surface area contributed by atoms with Crippen LogP contribution in [0.1, 0.15) is 32.1 Å². The fourth-order valence-corrected chi connectivity index (χ4v) is 1.68. The summed E-state index contributed by atoms with van der Waals surface area (Å²) in [6.45, 7) is -0.0972. The van der Waals surface area contributed by atoms with Gasteiger partial charge in [0, 0.05) is 0 Å². The molecule has 0 unspecified atom stereocenters. The van der Waals surface area contributed by atoms with Gasteiger partial charge in [-0.3, -0.25) is 0 Å². The highest BCUT2D eigenvalue weighted by atomic mass is 16.3. The zero-order valence-electron chi connectivity index (χ0n) is 7.42. The molecule has 0 aliphatic heterocycles. The Labute approximate surface area is 73.9 Å². The summed E-state index contributed by atoms with van der Waals surface area (Å²) in [6, 6.07) is 0. The fourth-order valence-electron chi connectivity index (χ4n) is 1.68. The maximum atomic E-state index is 8.80. The number of aliphatic hydroxyl groups is 2. The molecule has 0 atom stereocenters. The Morgan fingerprint density at radius 2 is 1.67 bits per heavy atom. The average molecular weight is 169 g/mol. The van der Waals surface area contributed by atoms with E-state index < -0.39 is 0 Å². The summed E-state index contributed by atoms with van der Waals surface area (Å²) in [4.78, 5) is 0. The van der Waals surface area contributed by atoms with Gasteiger partial charge in [0.05, 0.1) is 13.2 Å². The zero-order chi connectivity index (χ0) is 8.81. The molecule has 0 aromatic heterocycles. The summed E-state index contributed by atoms with van der Waals surface area (Å²) < 4.78 is 0. The Morgan fingerprint density at radius 1 is 1.08 bits per heavy atom. The van der Waals surface area contributed by atoms with E-state index >= 15 is 0 Å². The maximum absolute atomic E-state index is 8.80. The molecule has 2 N–H and O–H groups in total. The highest BCUT2D eigenvalue weighted by Crippen LogP contribution is 2.24. The SMILES string of the molecule is OCC(=[C]C1CCCCC1)CO. The van der Waals surface area contributed by atoms with Crippen LogP contribution in [0, 0.1) is 12.0 Å². The molecule has 1 aliphatic carbocycles. The lowest BCUT2D eigenvalue weighted by atomic mass is 9.88. The van der Waals surface area contributed by atoms with E-state index in [1.54, 1.807) is 0 Å². The van der Waals surface area contributed by atoms with Crippen LogP contribution in [0.3, 0.4) is 0 Å². The van der Waals surface area contributed by atoms with Gasteiger partial charge in [-0.15, -0.1) is 0 Å². The average Bonchev–Trinajstić information content (AvgIpc) is 2.16. The summed E-state index contributed by atoms with van der Waals surface area (Å²) in [6.07, 6.45) is 9.37. The number of hydrogen-bond acceptors (Lipinski definition) is 2. The van der Waals surface area contributed by atoms with E-state index in [0.29, 0.717) is 11.5 Å². The van der Waals surface area contributed by atoms with Crippen LogP contribution in [0.2, 0.25) is 0 Å². The lowest BCUT2D eigenvalue weighted by Crippen LogP contribution is -2.07. The predicted molar refractivity (Wildman–Crippen MR) is 47.5 cm³/mol. The summed E-state index contributed by atoms with van der Waals surface area (Å²) in [7, 11) is 0. The maximum Gasteiger partial charge on any atom is 0.0669 e. The monoisotopic (exact) mass is 169 g/mol. The Morgan fingerprint density at radius 3 is 2.17 bits per heavy atom. The van der Waals surface area contributed by atoms with Crippen LogP contribution in [0.15, 0.2) is 5.57 Å². The molecule has 0 heterocycles. The van der Waals surface area contributed by atoms with E-state index in [2.05, 4.69) is 6.08 Å². The van der Waals surface area contributed by atoms with Gasteiger partial charge in [0.2, 0.25) is 0 Å². The van der Waals surface area contributed by atoms with Crippen LogP contribution in [0.5, 0.6) is 0 Å². The standard InChI is InChI=1S/C10H17O2/c11-7-10(8-12)6-9-4-2-1-3-5-9/h9,11-12H,1-5,7-8H2. The van der Waals surface area contributed by atoms with E-state index in [1.807, 2.05) is 0 Å². The van der Waals surface area contributed by atoms with Crippen molar-refractivity contribution in [3.8, 4) is 0 Å². The molecule has 0 saturated heterocycles. The van der Waals surface area contributed by atoms with Crippen molar-refractivity contribution in [3.63, 3.8) is 0 Å². The number of rotatable bonds is 3. The van der Waals surface area contributed by atoms with Crippen molar-refractivity contribution in [2.45, 2.75) is 32.1 Å². The second-order valence-corrected chi connectivity index (χ2v) is 3.40. The number of allylic oxidation sites excluding steroid dienone is 1. The van der Waals surface area contributed by atoms with Crippen LogP contribution in [-0.4, -0.2) is 23.4 Å². The molecular formula is C10H17O2. The normalized spacial score (nSPS) is 19.2. The van der Waals surface area contributed by atoms with E-state index in [-0.39, 0.29) is 13.2 Å². The van der Waals surface area contributed by atoms with E-state index in [1.165, 1.54) is 32.1 Å². The minimum atomic E-state index is -0.0486. The van der Waals surface area contributed by atoms with Crippen LogP contribution < -0.4 is 0 Å². The van der Waals surface area contributed by atoms with Gasteiger partial charge < -0.3 is 10.2 Å². The van der Waals surface area contributed by atoms with Gasteiger partial charge in [-0.1, -0.05) is 19.3 Å². The molecule has 1 rings (SSSR count). The van der Waals surface area contributed by atoms with E-state index in [0.717, 1.165) is 0 Å². The Hall–Kier alpha value is -0.340. The van der Waals surface area contributed by atoms with Crippen LogP contribution in [0.4, 0.5) is 0 Å². The molecule has 0 aromatic carbocycles. The van der Waals surface area contributed by atoms with Gasteiger partial charge in [-0.2, -0.15) is 0 Å². The Kier molecular flexibility index (Phi) is 4.33. The van der Waals surface area contributed by atoms with Gasteiger partial charge in [0.15, 0.2) is 0 Å². The summed E-state index contributed by atoms with van der Waals surface area (Å²) in [5.74, 6) is 0.480. The third kappa shape index (κ3) is 2.95. The summed E-state index contributed by atoms with van der Waals surface area (Å²) in [5.41, 5.74) is 0.655. The van der Waals surface area contributed by atoms with Crippen molar-refractivity contribution < 1.29 is 10.2 Å². The minimum Gasteiger partial charge on any atom is -0.392 e. The molecule has 69 valence electrons. The molecule has 2 nitrogen and oxygen atoms in total. The van der Waals surface area contributed by atoms with Gasteiger partial charge in [0.1, 0.15) is 0 Å². The molecule has 0 amide bonds. The van der Waals surface area contributed by atoms with Crippen LogP contribution in [0.25, 0.3) is 0 Å². The molecule has 0 aromatic rings. The van der Waals surface area contributed by atoms with Crippen molar-refractivity contribution in [2.75, 3.05) is 13.2 Å². The topological polar surface area (TPSA) is 40.5 Å². The molecule has 1 saturated carbocycles. The van der Waals surface area contributed by atoms with E-state index in [9.17, 15) is 0 Å². The second-order valence-electron chi connectivity index (χ2n) is 3.40. The van der Waals surface area contributed by atoms with Crippen LogP contribution in [-0.2, 0) is 0 Å². The third-order valence-corrected chi connectivity index (χ3v) is 2.40. The Bertz CT molecular complexity index is 140. The van der Waals surface area contributed by atoms with Crippen LogP contribution >= 0.6 is 0 Å². The Balaban J connectivity index is 2.39. The van der Waals surface area contributed by atoms with Crippen molar-refractivity contribution >= 4 is 0 Å². The molecule has 1 radical (unpaired) electrons. The quantitative estimate of drug-likeness (QED) is 0.668. The first-order valence-corrected chi connectivity index (χ1v) is 4.69. The van der Waals surface area contributed by atoms with Gasteiger partial charge in [-0.05, 0) is 30.4 Å². The van der Waals surface area contributed by atoms with Gasteiger partial charge in [0.25, 0.3) is 0 Å². The largest absolute Gasteiger partial charge is 0.392 e. The lowest BCUT2D eigenvalue weighted by molar-refractivity contribution is 0.271. The first kappa shape index (κ1) is 9.75. The zero-order valence-corrected chi connectivity index (χ0v) is 7.42. The fraction of sp³-hybridized carbons (Fsp3) is 0.800. The van der Waals surface area contributed by atoms with Gasteiger partial charge >= 0.3 is 0 Å². The minimum absolute atomic E-state index is 0.0486. The highest BCUT2D eigenvalue weighted by molar-refractivity contribution is 4.99. The van der Waals surface area contributed by atoms with E-state index in [4.69, 9.17) is 10.2 Å². The second kappa shape index (κ2) is 5.33. The third-order valence-electron chi connectivity index (χ3n) is 2.40. The first-order chi connectivity index (χ1) is 5.86. The van der Waals surface area contributed by atoms with Crippen molar-refractivity contribution in [1.82, 2.24) is 0 Å². The molecular weight excluding hydrogens is 152 g/mol. The molecule has 2 heteroatoms. The molecule has 0 spiro atoms. The molecule has 1 fully saturated rings. The number of aliphatic hydroxyl groups excluding tert-OH is 2.